The van der Waals surface area contributed by atoms with Crippen LogP contribution in [0.25, 0.3) is 0 Å². The van der Waals surface area contributed by atoms with E-state index in [0.717, 1.165) is 24.9 Å². The lowest BCUT2D eigenvalue weighted by molar-refractivity contribution is 0.0483. The molecule has 4 nitrogen and oxygen atoms in total. The summed E-state index contributed by atoms with van der Waals surface area (Å²) < 4.78 is 5.48. The van der Waals surface area contributed by atoms with E-state index in [-0.39, 0.29) is 0 Å². The van der Waals surface area contributed by atoms with E-state index in [4.69, 9.17) is 4.74 Å². The first-order valence-electron chi connectivity index (χ1n) is 8.66. The molecule has 1 aromatic rings. The molecule has 1 aromatic heterocycles. The molecule has 3 heterocycles. The Kier molecular flexibility index (Phi) is 5.32. The Morgan fingerprint density at radius 1 is 1.27 bits per heavy atom. The van der Waals surface area contributed by atoms with Crippen LogP contribution in [0.5, 0.6) is 0 Å². The van der Waals surface area contributed by atoms with Crippen LogP contribution in [0.15, 0.2) is 18.3 Å². The molecule has 0 radical (unpaired) electrons. The minimum Gasteiger partial charge on any atom is -0.381 e. The number of ether oxygens (including phenoxy) is 1. The van der Waals surface area contributed by atoms with Crippen molar-refractivity contribution in [2.75, 3.05) is 51.8 Å². The third-order valence-electron chi connectivity index (χ3n) is 5.06. The Balaban J connectivity index is 1.61. The lowest BCUT2D eigenvalue weighted by Crippen LogP contribution is -2.39. The molecule has 1 atom stereocenters. The van der Waals surface area contributed by atoms with Gasteiger partial charge in [-0.1, -0.05) is 0 Å². The van der Waals surface area contributed by atoms with Crippen LogP contribution in [-0.4, -0.2) is 56.8 Å². The SMILES string of the molecule is CN(C)c1cc(C2CCCN(CC3CCOCC3)C2)ccn1. The van der Waals surface area contributed by atoms with E-state index in [0.29, 0.717) is 5.92 Å². The van der Waals surface area contributed by atoms with Gasteiger partial charge in [0.25, 0.3) is 0 Å². The third kappa shape index (κ3) is 3.99. The van der Waals surface area contributed by atoms with Gasteiger partial charge in [0.2, 0.25) is 0 Å². The Morgan fingerprint density at radius 3 is 2.86 bits per heavy atom. The Hall–Kier alpha value is -1.13. The molecule has 3 rings (SSSR count). The van der Waals surface area contributed by atoms with Gasteiger partial charge in [-0.3, -0.25) is 0 Å². The highest BCUT2D eigenvalue weighted by atomic mass is 16.5. The smallest absolute Gasteiger partial charge is 0.128 e. The number of anilines is 1. The second-order valence-electron chi connectivity index (χ2n) is 7.00. The molecule has 1 unspecified atom stereocenters. The van der Waals surface area contributed by atoms with Crippen LogP contribution in [-0.2, 0) is 4.74 Å². The number of nitrogens with zero attached hydrogens (tertiary/aromatic N) is 3. The summed E-state index contributed by atoms with van der Waals surface area (Å²) in [5.74, 6) is 2.57. The van der Waals surface area contributed by atoms with Crippen molar-refractivity contribution in [2.45, 2.75) is 31.6 Å². The molecule has 2 saturated heterocycles. The third-order valence-corrected chi connectivity index (χ3v) is 5.06. The Bertz CT molecular complexity index is 471. The fraction of sp³-hybridized carbons (Fsp3) is 0.722. The minimum absolute atomic E-state index is 0.662. The summed E-state index contributed by atoms with van der Waals surface area (Å²) in [6, 6.07) is 4.47. The number of pyridine rings is 1. The summed E-state index contributed by atoms with van der Waals surface area (Å²) in [6.07, 6.45) is 7.05. The van der Waals surface area contributed by atoms with E-state index in [9.17, 15) is 0 Å². The zero-order chi connectivity index (χ0) is 15.4. The van der Waals surface area contributed by atoms with Crippen molar-refractivity contribution >= 4 is 5.82 Å². The maximum Gasteiger partial charge on any atom is 0.128 e. The van der Waals surface area contributed by atoms with Gasteiger partial charge in [-0.05, 0) is 61.8 Å². The molecule has 2 fully saturated rings. The Morgan fingerprint density at radius 2 is 2.09 bits per heavy atom. The normalized spacial score (nSPS) is 24.4. The van der Waals surface area contributed by atoms with Crippen molar-refractivity contribution in [3.63, 3.8) is 0 Å². The summed E-state index contributed by atoms with van der Waals surface area (Å²) >= 11 is 0. The number of rotatable bonds is 4. The van der Waals surface area contributed by atoms with Gasteiger partial charge in [0.15, 0.2) is 0 Å². The summed E-state index contributed by atoms with van der Waals surface area (Å²) in [7, 11) is 4.12. The lowest BCUT2D eigenvalue weighted by atomic mass is 9.90. The van der Waals surface area contributed by atoms with Crippen molar-refractivity contribution in [3.8, 4) is 0 Å². The van der Waals surface area contributed by atoms with Crippen molar-refractivity contribution in [2.24, 2.45) is 5.92 Å². The molecule has 22 heavy (non-hydrogen) atoms. The van der Waals surface area contributed by atoms with Crippen LogP contribution in [0.1, 0.15) is 37.2 Å². The highest BCUT2D eigenvalue weighted by molar-refractivity contribution is 5.40. The van der Waals surface area contributed by atoms with E-state index in [1.165, 1.54) is 50.9 Å². The summed E-state index contributed by atoms with van der Waals surface area (Å²) in [6.45, 7) is 5.64. The molecule has 0 saturated carbocycles. The first-order valence-corrected chi connectivity index (χ1v) is 8.66. The van der Waals surface area contributed by atoms with Gasteiger partial charge < -0.3 is 14.5 Å². The van der Waals surface area contributed by atoms with Crippen molar-refractivity contribution in [3.05, 3.63) is 23.9 Å². The standard InChI is InChI=1S/C18H29N3O/c1-20(2)18-12-16(5-8-19-18)17-4-3-9-21(14-17)13-15-6-10-22-11-7-15/h5,8,12,15,17H,3-4,6-7,9-11,13-14H2,1-2H3. The number of likely N-dealkylation sites (tertiary alicyclic amines) is 1. The number of hydrogen-bond donors (Lipinski definition) is 0. The predicted molar refractivity (Wildman–Crippen MR) is 90.5 cm³/mol. The Labute approximate surface area is 134 Å². The predicted octanol–water partition coefficient (Wildman–Crippen LogP) is 2.75. The topological polar surface area (TPSA) is 28.6 Å². The van der Waals surface area contributed by atoms with Gasteiger partial charge in [0.1, 0.15) is 5.82 Å². The largest absolute Gasteiger partial charge is 0.381 e. The molecule has 0 N–H and O–H groups in total. The molecule has 4 heteroatoms. The summed E-state index contributed by atoms with van der Waals surface area (Å²) in [5, 5.41) is 0. The van der Waals surface area contributed by atoms with Crippen LogP contribution in [0, 0.1) is 5.92 Å². The maximum atomic E-state index is 5.48. The molecule has 0 bridgehead atoms. The second-order valence-corrected chi connectivity index (χ2v) is 7.00. The van der Waals surface area contributed by atoms with Crippen molar-refractivity contribution in [1.82, 2.24) is 9.88 Å². The molecule has 2 aliphatic heterocycles. The van der Waals surface area contributed by atoms with Gasteiger partial charge in [-0.15, -0.1) is 0 Å². The molecule has 0 aromatic carbocycles. The highest BCUT2D eigenvalue weighted by Gasteiger charge is 2.24. The van der Waals surface area contributed by atoms with Gasteiger partial charge in [0.05, 0.1) is 0 Å². The van der Waals surface area contributed by atoms with Gasteiger partial charge in [-0.25, -0.2) is 4.98 Å². The average molecular weight is 303 g/mol. The van der Waals surface area contributed by atoms with E-state index in [1.807, 2.05) is 6.20 Å². The first kappa shape index (κ1) is 15.8. The second kappa shape index (κ2) is 7.42. The van der Waals surface area contributed by atoms with Crippen LogP contribution in [0.4, 0.5) is 5.82 Å². The van der Waals surface area contributed by atoms with E-state index >= 15 is 0 Å². The van der Waals surface area contributed by atoms with Crippen LogP contribution in [0.2, 0.25) is 0 Å². The van der Waals surface area contributed by atoms with E-state index < -0.39 is 0 Å². The molecular formula is C18H29N3O. The van der Waals surface area contributed by atoms with Crippen LogP contribution in [0.3, 0.4) is 0 Å². The summed E-state index contributed by atoms with van der Waals surface area (Å²) in [4.78, 5) is 9.21. The fourth-order valence-electron chi connectivity index (χ4n) is 3.72. The maximum absolute atomic E-state index is 5.48. The van der Waals surface area contributed by atoms with Gasteiger partial charge in [0, 0.05) is 46.6 Å². The molecule has 122 valence electrons. The number of aromatic nitrogens is 1. The van der Waals surface area contributed by atoms with E-state index in [2.05, 4.69) is 41.0 Å². The first-order chi connectivity index (χ1) is 10.7. The molecule has 0 amide bonds. The van der Waals surface area contributed by atoms with Crippen LogP contribution >= 0.6 is 0 Å². The molecule has 0 spiro atoms. The quantitative estimate of drug-likeness (QED) is 0.855. The zero-order valence-corrected chi connectivity index (χ0v) is 14.0. The monoisotopic (exact) mass is 303 g/mol. The highest BCUT2D eigenvalue weighted by Crippen LogP contribution is 2.29. The average Bonchev–Trinajstić information content (AvgIpc) is 2.56. The molecular weight excluding hydrogens is 274 g/mol. The molecule has 0 aliphatic carbocycles. The number of piperidine rings is 1. The van der Waals surface area contributed by atoms with Gasteiger partial charge >= 0.3 is 0 Å². The van der Waals surface area contributed by atoms with Crippen molar-refractivity contribution in [1.29, 1.82) is 0 Å². The van der Waals surface area contributed by atoms with E-state index in [1.54, 1.807) is 0 Å². The van der Waals surface area contributed by atoms with Crippen LogP contribution < -0.4 is 4.90 Å². The lowest BCUT2D eigenvalue weighted by Gasteiger charge is -2.36. The van der Waals surface area contributed by atoms with Gasteiger partial charge in [-0.2, -0.15) is 0 Å². The minimum atomic E-state index is 0.662. The summed E-state index contributed by atoms with van der Waals surface area (Å²) in [5.41, 5.74) is 1.45. The molecule has 2 aliphatic rings. The van der Waals surface area contributed by atoms with Crippen molar-refractivity contribution < 1.29 is 4.74 Å². The number of hydrogen-bond acceptors (Lipinski definition) is 4. The zero-order valence-electron chi connectivity index (χ0n) is 14.0. The fourth-order valence-corrected chi connectivity index (χ4v) is 3.72.